The minimum atomic E-state index is -4.69. The van der Waals surface area contributed by atoms with Crippen LogP contribution in [0.25, 0.3) is 0 Å². The lowest BCUT2D eigenvalue weighted by Crippen LogP contribution is -2.24. The molecular weight excluding hydrogens is 410 g/mol. The monoisotopic (exact) mass is 429 g/mol. The maximum Gasteiger partial charge on any atom is 0.573 e. The van der Waals surface area contributed by atoms with E-state index < -0.39 is 6.36 Å². The van der Waals surface area contributed by atoms with E-state index in [4.69, 9.17) is 5.73 Å². The molecule has 1 aliphatic carbocycles. The van der Waals surface area contributed by atoms with Crippen molar-refractivity contribution in [1.29, 1.82) is 0 Å². The Bertz CT molecular complexity index is 513. The van der Waals surface area contributed by atoms with E-state index in [1.165, 1.54) is 37.1 Å². The number of hydrogen-bond acceptors (Lipinski definition) is 2. The number of ether oxygens (including phenoxy) is 1. The molecule has 0 unspecified atom stereocenters. The molecule has 0 atom stereocenters. The molecule has 1 aromatic rings. The Kier molecular flexibility index (Phi) is 6.33. The molecule has 4 nitrogen and oxygen atoms in total. The molecule has 1 fully saturated rings. The number of nitrogens with one attached hydrogen (secondary N) is 1. The zero-order chi connectivity index (χ0) is 15.5. The van der Waals surface area contributed by atoms with E-state index in [1.54, 1.807) is 0 Å². The smallest absolute Gasteiger partial charge is 0.406 e. The number of benzene rings is 1. The van der Waals surface area contributed by atoms with E-state index in [0.29, 0.717) is 17.6 Å². The first-order valence-electron chi connectivity index (χ1n) is 6.75. The standard InChI is InChI=1S/C14H18F3N3O.HI/c1-2-13(7-8-13)9-19-12(18)20-10-3-5-11(6-4-10)21-14(15,16)17;/h3-6H,2,7-9H2,1H3,(H3,18,19,20);1H. The van der Waals surface area contributed by atoms with Crippen LogP contribution in [0.4, 0.5) is 18.9 Å². The SMILES string of the molecule is CCC1(CN=C(N)Nc2ccc(OC(F)(F)F)cc2)CC1.I. The summed E-state index contributed by atoms with van der Waals surface area (Å²) in [5.74, 6) is -0.00862. The Balaban J connectivity index is 0.00000242. The van der Waals surface area contributed by atoms with Gasteiger partial charge in [-0.25, -0.2) is 0 Å². The second-order valence-corrected chi connectivity index (χ2v) is 5.25. The lowest BCUT2D eigenvalue weighted by Gasteiger charge is -2.11. The Hall–Kier alpha value is -1.19. The summed E-state index contributed by atoms with van der Waals surface area (Å²) in [5.41, 5.74) is 6.63. The van der Waals surface area contributed by atoms with E-state index in [-0.39, 0.29) is 35.7 Å². The van der Waals surface area contributed by atoms with Crippen LogP contribution in [0.2, 0.25) is 0 Å². The summed E-state index contributed by atoms with van der Waals surface area (Å²) in [6.07, 6.45) is -1.27. The Labute approximate surface area is 144 Å². The first-order chi connectivity index (χ1) is 9.82. The number of aliphatic imine (C=N–C) groups is 1. The van der Waals surface area contributed by atoms with Crippen LogP contribution >= 0.6 is 24.0 Å². The van der Waals surface area contributed by atoms with Crippen molar-refractivity contribution >= 4 is 35.6 Å². The molecule has 0 radical (unpaired) electrons. The van der Waals surface area contributed by atoms with Gasteiger partial charge in [0, 0.05) is 12.2 Å². The third-order valence-corrected chi connectivity index (χ3v) is 3.65. The molecule has 1 aliphatic rings. The van der Waals surface area contributed by atoms with Crippen molar-refractivity contribution in [3.8, 4) is 5.75 Å². The van der Waals surface area contributed by atoms with Gasteiger partial charge < -0.3 is 15.8 Å². The van der Waals surface area contributed by atoms with Crippen molar-refractivity contribution in [3.05, 3.63) is 24.3 Å². The number of rotatable bonds is 5. The number of nitrogens with two attached hydrogens (primary N) is 1. The van der Waals surface area contributed by atoms with Crippen molar-refractivity contribution in [2.45, 2.75) is 32.5 Å². The molecule has 0 bridgehead atoms. The zero-order valence-electron chi connectivity index (χ0n) is 12.1. The Morgan fingerprint density at radius 2 is 1.91 bits per heavy atom. The third-order valence-electron chi connectivity index (χ3n) is 3.65. The second kappa shape index (κ2) is 7.38. The number of alkyl halides is 3. The molecule has 8 heteroatoms. The third kappa shape index (κ3) is 5.90. The van der Waals surface area contributed by atoms with Gasteiger partial charge in [-0.3, -0.25) is 4.99 Å². The summed E-state index contributed by atoms with van der Waals surface area (Å²) in [4.78, 5) is 4.28. The van der Waals surface area contributed by atoms with Crippen molar-refractivity contribution in [3.63, 3.8) is 0 Å². The van der Waals surface area contributed by atoms with Gasteiger partial charge >= 0.3 is 6.36 Å². The van der Waals surface area contributed by atoms with Crippen LogP contribution in [0.3, 0.4) is 0 Å². The molecule has 0 saturated heterocycles. The normalized spacial score (nSPS) is 16.6. The van der Waals surface area contributed by atoms with Crippen LogP contribution in [0.1, 0.15) is 26.2 Å². The van der Waals surface area contributed by atoms with Crippen LogP contribution in [0.15, 0.2) is 29.3 Å². The zero-order valence-corrected chi connectivity index (χ0v) is 14.4. The lowest BCUT2D eigenvalue weighted by atomic mass is 10.1. The molecule has 1 saturated carbocycles. The van der Waals surface area contributed by atoms with Gasteiger partial charge in [0.15, 0.2) is 5.96 Å². The van der Waals surface area contributed by atoms with E-state index in [2.05, 4.69) is 22.0 Å². The van der Waals surface area contributed by atoms with Crippen LogP contribution in [0.5, 0.6) is 5.75 Å². The highest BCUT2D eigenvalue weighted by Crippen LogP contribution is 2.48. The van der Waals surface area contributed by atoms with Gasteiger partial charge in [0.05, 0.1) is 0 Å². The lowest BCUT2D eigenvalue weighted by molar-refractivity contribution is -0.274. The number of halogens is 4. The fraction of sp³-hybridized carbons (Fsp3) is 0.500. The number of hydrogen-bond donors (Lipinski definition) is 2. The predicted octanol–water partition coefficient (Wildman–Crippen LogP) is 4.12. The largest absolute Gasteiger partial charge is 0.573 e. The fourth-order valence-corrected chi connectivity index (χ4v) is 1.98. The van der Waals surface area contributed by atoms with Crippen molar-refractivity contribution < 1.29 is 17.9 Å². The fourth-order valence-electron chi connectivity index (χ4n) is 1.98. The first-order valence-corrected chi connectivity index (χ1v) is 6.75. The summed E-state index contributed by atoms with van der Waals surface area (Å²) < 4.78 is 39.9. The van der Waals surface area contributed by atoms with Gasteiger partial charge in [-0.05, 0) is 48.9 Å². The van der Waals surface area contributed by atoms with Crippen LogP contribution in [-0.2, 0) is 0 Å². The highest BCUT2D eigenvalue weighted by Gasteiger charge is 2.40. The molecule has 0 heterocycles. The average Bonchev–Trinajstić information content (AvgIpc) is 3.18. The summed E-state index contributed by atoms with van der Waals surface area (Å²) in [6.45, 7) is 2.81. The van der Waals surface area contributed by atoms with Gasteiger partial charge in [-0.1, -0.05) is 6.92 Å². The molecule has 3 N–H and O–H groups in total. The van der Waals surface area contributed by atoms with Crippen LogP contribution in [0, 0.1) is 5.41 Å². The van der Waals surface area contributed by atoms with E-state index in [1.807, 2.05) is 0 Å². The summed E-state index contributed by atoms with van der Waals surface area (Å²) in [6, 6.07) is 5.35. The molecule has 0 amide bonds. The minimum absolute atomic E-state index is 0. The highest BCUT2D eigenvalue weighted by molar-refractivity contribution is 14.0. The molecular formula is C14H19F3IN3O. The van der Waals surface area contributed by atoms with Gasteiger partial charge in [0.1, 0.15) is 5.75 Å². The van der Waals surface area contributed by atoms with Crippen molar-refractivity contribution in [1.82, 2.24) is 0 Å². The van der Waals surface area contributed by atoms with Crippen LogP contribution < -0.4 is 15.8 Å². The van der Waals surface area contributed by atoms with E-state index >= 15 is 0 Å². The number of nitrogens with zero attached hydrogens (tertiary/aromatic N) is 1. The van der Waals surface area contributed by atoms with Gasteiger partial charge in [0.25, 0.3) is 0 Å². The minimum Gasteiger partial charge on any atom is -0.406 e. The topological polar surface area (TPSA) is 59.6 Å². The molecule has 2 rings (SSSR count). The van der Waals surface area contributed by atoms with Gasteiger partial charge in [-0.15, -0.1) is 37.1 Å². The van der Waals surface area contributed by atoms with Gasteiger partial charge in [-0.2, -0.15) is 0 Å². The Morgan fingerprint density at radius 3 is 2.36 bits per heavy atom. The predicted molar refractivity (Wildman–Crippen MR) is 90.6 cm³/mol. The number of anilines is 1. The second-order valence-electron chi connectivity index (χ2n) is 5.25. The molecule has 0 aliphatic heterocycles. The average molecular weight is 429 g/mol. The van der Waals surface area contributed by atoms with Crippen molar-refractivity contribution in [2.75, 3.05) is 11.9 Å². The van der Waals surface area contributed by atoms with Crippen molar-refractivity contribution in [2.24, 2.45) is 16.1 Å². The first kappa shape index (κ1) is 18.9. The van der Waals surface area contributed by atoms with E-state index in [9.17, 15) is 13.2 Å². The highest BCUT2D eigenvalue weighted by atomic mass is 127. The maximum absolute atomic E-state index is 12.0. The Morgan fingerprint density at radius 1 is 1.32 bits per heavy atom. The molecule has 22 heavy (non-hydrogen) atoms. The van der Waals surface area contributed by atoms with Crippen LogP contribution in [-0.4, -0.2) is 18.9 Å². The number of guanidine groups is 1. The molecule has 0 aromatic heterocycles. The van der Waals surface area contributed by atoms with E-state index in [0.717, 1.165) is 6.42 Å². The summed E-state index contributed by atoms with van der Waals surface area (Å²) in [5, 5.41) is 2.85. The molecule has 124 valence electrons. The molecule has 0 spiro atoms. The summed E-state index contributed by atoms with van der Waals surface area (Å²) in [7, 11) is 0. The molecule has 1 aromatic carbocycles. The maximum atomic E-state index is 12.0. The summed E-state index contributed by atoms with van der Waals surface area (Å²) >= 11 is 0. The quantitative estimate of drug-likeness (QED) is 0.421. The van der Waals surface area contributed by atoms with Gasteiger partial charge in [0.2, 0.25) is 0 Å².